The third-order valence-electron chi connectivity index (χ3n) is 3.30. The van der Waals surface area contributed by atoms with Crippen LogP contribution in [-0.4, -0.2) is 18.5 Å². The van der Waals surface area contributed by atoms with E-state index in [4.69, 9.17) is 16.3 Å². The number of carbonyl (C=O) groups is 2. The van der Waals surface area contributed by atoms with Crippen molar-refractivity contribution in [2.24, 2.45) is 0 Å². The van der Waals surface area contributed by atoms with Crippen LogP contribution in [0, 0.1) is 0 Å². The standard InChI is InChI=1S/C18H18ClNO3/c1-2-14-5-3-4-6-16(14)20-17(21)12-23-18(22)11-13-7-9-15(19)10-8-13/h3-10H,2,11-12H2,1H3,(H,20,21). The molecule has 23 heavy (non-hydrogen) atoms. The summed E-state index contributed by atoms with van der Waals surface area (Å²) in [5.41, 5.74) is 2.57. The second-order valence-corrected chi connectivity index (χ2v) is 5.46. The van der Waals surface area contributed by atoms with Gasteiger partial charge in [0.1, 0.15) is 0 Å². The fourth-order valence-electron chi connectivity index (χ4n) is 2.10. The molecule has 0 aromatic heterocycles. The maximum Gasteiger partial charge on any atom is 0.310 e. The fraction of sp³-hybridized carbons (Fsp3) is 0.222. The number of carbonyl (C=O) groups excluding carboxylic acids is 2. The van der Waals surface area contributed by atoms with Gasteiger partial charge in [-0.1, -0.05) is 48.9 Å². The quantitative estimate of drug-likeness (QED) is 0.822. The van der Waals surface area contributed by atoms with Gasteiger partial charge in [0.15, 0.2) is 6.61 Å². The lowest BCUT2D eigenvalue weighted by Crippen LogP contribution is -2.22. The molecule has 2 aromatic carbocycles. The van der Waals surface area contributed by atoms with Gasteiger partial charge in [0.05, 0.1) is 6.42 Å². The lowest BCUT2D eigenvalue weighted by Gasteiger charge is -2.10. The van der Waals surface area contributed by atoms with Gasteiger partial charge in [0, 0.05) is 10.7 Å². The number of esters is 1. The van der Waals surface area contributed by atoms with Gasteiger partial charge in [0.25, 0.3) is 5.91 Å². The Kier molecular flexibility index (Phi) is 6.18. The first-order chi connectivity index (χ1) is 11.1. The summed E-state index contributed by atoms with van der Waals surface area (Å²) in [6, 6.07) is 14.5. The normalized spacial score (nSPS) is 10.2. The van der Waals surface area contributed by atoms with Gasteiger partial charge in [-0.15, -0.1) is 0 Å². The first-order valence-corrected chi connectivity index (χ1v) is 7.74. The lowest BCUT2D eigenvalue weighted by molar-refractivity contribution is -0.146. The van der Waals surface area contributed by atoms with Crippen LogP contribution in [0.1, 0.15) is 18.1 Å². The molecule has 0 radical (unpaired) electrons. The summed E-state index contributed by atoms with van der Waals surface area (Å²) in [7, 11) is 0. The van der Waals surface area contributed by atoms with Gasteiger partial charge in [-0.2, -0.15) is 0 Å². The Hall–Kier alpha value is -2.33. The molecule has 1 amide bonds. The Morgan fingerprint density at radius 1 is 1.09 bits per heavy atom. The van der Waals surface area contributed by atoms with Gasteiger partial charge >= 0.3 is 5.97 Å². The van der Waals surface area contributed by atoms with E-state index in [0.29, 0.717) is 5.02 Å². The molecule has 5 heteroatoms. The lowest BCUT2D eigenvalue weighted by atomic mass is 10.1. The molecule has 0 unspecified atom stereocenters. The molecule has 0 spiro atoms. The van der Waals surface area contributed by atoms with Crippen LogP contribution in [0.3, 0.4) is 0 Å². The number of para-hydroxylation sites is 1. The summed E-state index contributed by atoms with van der Waals surface area (Å²) >= 11 is 5.78. The summed E-state index contributed by atoms with van der Waals surface area (Å²) in [5, 5.41) is 3.36. The number of anilines is 1. The number of aryl methyl sites for hydroxylation is 1. The van der Waals surface area contributed by atoms with E-state index in [1.807, 2.05) is 31.2 Å². The van der Waals surface area contributed by atoms with Crippen LogP contribution >= 0.6 is 11.6 Å². The molecule has 1 N–H and O–H groups in total. The van der Waals surface area contributed by atoms with Gasteiger partial charge in [0.2, 0.25) is 0 Å². The smallest absolute Gasteiger partial charge is 0.310 e. The molecular formula is C18H18ClNO3. The highest BCUT2D eigenvalue weighted by molar-refractivity contribution is 6.30. The number of ether oxygens (including phenoxy) is 1. The van der Waals surface area contributed by atoms with Gasteiger partial charge in [-0.25, -0.2) is 0 Å². The average molecular weight is 332 g/mol. The molecule has 0 saturated carbocycles. The molecule has 2 rings (SSSR count). The molecule has 0 heterocycles. The Morgan fingerprint density at radius 3 is 2.48 bits per heavy atom. The van der Waals surface area contributed by atoms with Crippen molar-refractivity contribution < 1.29 is 14.3 Å². The van der Waals surface area contributed by atoms with Crippen LogP contribution in [0.25, 0.3) is 0 Å². The van der Waals surface area contributed by atoms with E-state index in [-0.39, 0.29) is 18.9 Å². The van der Waals surface area contributed by atoms with E-state index in [0.717, 1.165) is 23.2 Å². The topological polar surface area (TPSA) is 55.4 Å². The summed E-state index contributed by atoms with van der Waals surface area (Å²) in [5.74, 6) is -0.804. The van der Waals surface area contributed by atoms with Crippen LogP contribution < -0.4 is 5.32 Å². The number of rotatable bonds is 6. The Labute approximate surface area is 140 Å². The highest BCUT2D eigenvalue weighted by Gasteiger charge is 2.10. The first-order valence-electron chi connectivity index (χ1n) is 7.36. The monoisotopic (exact) mass is 331 g/mol. The Bertz CT molecular complexity index is 683. The minimum Gasteiger partial charge on any atom is -0.455 e. The van der Waals surface area contributed by atoms with Crippen molar-refractivity contribution in [3.8, 4) is 0 Å². The number of benzene rings is 2. The SMILES string of the molecule is CCc1ccccc1NC(=O)COC(=O)Cc1ccc(Cl)cc1. The summed E-state index contributed by atoms with van der Waals surface area (Å²) < 4.78 is 5.00. The third kappa shape index (κ3) is 5.42. The maximum atomic E-state index is 11.9. The van der Waals surface area contributed by atoms with E-state index in [1.165, 1.54) is 0 Å². The average Bonchev–Trinajstić information content (AvgIpc) is 2.55. The first kappa shape index (κ1) is 17.0. The maximum absolute atomic E-state index is 11.9. The van der Waals surface area contributed by atoms with Crippen molar-refractivity contribution in [2.45, 2.75) is 19.8 Å². The van der Waals surface area contributed by atoms with E-state index >= 15 is 0 Å². The zero-order valence-electron chi connectivity index (χ0n) is 12.8. The Balaban J connectivity index is 1.82. The summed E-state index contributed by atoms with van der Waals surface area (Å²) in [6.45, 7) is 1.71. The van der Waals surface area contributed by atoms with Crippen LogP contribution in [0.2, 0.25) is 5.02 Å². The molecule has 2 aromatic rings. The molecule has 0 atom stereocenters. The summed E-state index contributed by atoms with van der Waals surface area (Å²) in [6.07, 6.45) is 0.919. The van der Waals surface area contributed by atoms with Crippen LogP contribution in [0.15, 0.2) is 48.5 Å². The molecule has 120 valence electrons. The molecule has 0 fully saturated rings. The minimum atomic E-state index is -0.453. The fourth-order valence-corrected chi connectivity index (χ4v) is 2.23. The van der Waals surface area contributed by atoms with E-state index in [2.05, 4.69) is 5.32 Å². The molecule has 0 aliphatic heterocycles. The zero-order chi connectivity index (χ0) is 16.7. The number of hydrogen-bond donors (Lipinski definition) is 1. The molecule has 0 aliphatic carbocycles. The largest absolute Gasteiger partial charge is 0.455 e. The van der Waals surface area contributed by atoms with Crippen LogP contribution in [-0.2, 0) is 27.2 Å². The molecule has 4 nitrogen and oxygen atoms in total. The highest BCUT2D eigenvalue weighted by atomic mass is 35.5. The minimum absolute atomic E-state index is 0.107. The molecule has 0 bridgehead atoms. The van der Waals surface area contributed by atoms with Crippen LogP contribution in [0.4, 0.5) is 5.69 Å². The molecule has 0 aliphatic rings. The van der Waals surface area contributed by atoms with Crippen LogP contribution in [0.5, 0.6) is 0 Å². The van der Waals surface area contributed by atoms with Crippen molar-refractivity contribution >= 4 is 29.2 Å². The van der Waals surface area contributed by atoms with Gasteiger partial charge in [-0.05, 0) is 35.7 Å². The number of nitrogens with one attached hydrogen (secondary N) is 1. The van der Waals surface area contributed by atoms with E-state index in [1.54, 1.807) is 24.3 Å². The van der Waals surface area contributed by atoms with Crippen molar-refractivity contribution in [1.29, 1.82) is 0 Å². The second-order valence-electron chi connectivity index (χ2n) is 5.02. The summed E-state index contributed by atoms with van der Waals surface area (Å²) in [4.78, 5) is 23.6. The number of hydrogen-bond acceptors (Lipinski definition) is 3. The highest BCUT2D eigenvalue weighted by Crippen LogP contribution is 2.15. The molecule has 0 saturated heterocycles. The predicted octanol–water partition coefficient (Wildman–Crippen LogP) is 3.63. The predicted molar refractivity (Wildman–Crippen MR) is 90.6 cm³/mol. The van der Waals surface area contributed by atoms with Crippen molar-refractivity contribution in [3.05, 3.63) is 64.7 Å². The zero-order valence-corrected chi connectivity index (χ0v) is 13.6. The van der Waals surface area contributed by atoms with Crippen molar-refractivity contribution in [2.75, 3.05) is 11.9 Å². The Morgan fingerprint density at radius 2 is 1.78 bits per heavy atom. The van der Waals surface area contributed by atoms with E-state index in [9.17, 15) is 9.59 Å². The van der Waals surface area contributed by atoms with E-state index < -0.39 is 5.97 Å². The van der Waals surface area contributed by atoms with Gasteiger partial charge < -0.3 is 10.1 Å². The van der Waals surface area contributed by atoms with Crippen molar-refractivity contribution in [1.82, 2.24) is 0 Å². The number of halogens is 1. The number of amides is 1. The van der Waals surface area contributed by atoms with Gasteiger partial charge in [-0.3, -0.25) is 9.59 Å². The van der Waals surface area contributed by atoms with Crippen molar-refractivity contribution in [3.63, 3.8) is 0 Å². The second kappa shape index (κ2) is 8.34. The third-order valence-corrected chi connectivity index (χ3v) is 3.55. The molecular weight excluding hydrogens is 314 g/mol.